The van der Waals surface area contributed by atoms with Gasteiger partial charge < -0.3 is 0 Å². The smallest absolute Gasteiger partial charge is 0.271 e. The van der Waals surface area contributed by atoms with Crippen LogP contribution in [0, 0.1) is 0 Å². The minimum atomic E-state index is -3.54. The predicted molar refractivity (Wildman–Crippen MR) is 76.2 cm³/mol. The number of para-hydroxylation sites is 1. The summed E-state index contributed by atoms with van der Waals surface area (Å²) in [6, 6.07) is 10.8. The van der Waals surface area contributed by atoms with Gasteiger partial charge in [-0.25, -0.2) is 0 Å². The van der Waals surface area contributed by atoms with E-state index in [1.54, 1.807) is 30.5 Å². The van der Waals surface area contributed by atoms with E-state index in [1.807, 2.05) is 16.8 Å². The van der Waals surface area contributed by atoms with Crippen molar-refractivity contribution in [2.24, 2.45) is 0 Å². The van der Waals surface area contributed by atoms with E-state index in [1.165, 1.54) is 4.31 Å². The van der Waals surface area contributed by atoms with Gasteiger partial charge in [-0.2, -0.15) is 17.8 Å². The van der Waals surface area contributed by atoms with Gasteiger partial charge >= 0.3 is 10.2 Å². The summed E-state index contributed by atoms with van der Waals surface area (Å²) < 4.78 is 30.8. The molecule has 0 atom stereocenters. The molecular weight excluding hydrogens is 276 g/mol. The van der Waals surface area contributed by atoms with E-state index in [0.717, 1.165) is 18.7 Å². The number of aromatic nitrogens is 2. The van der Waals surface area contributed by atoms with E-state index in [-0.39, 0.29) is 0 Å². The number of benzene rings is 1. The van der Waals surface area contributed by atoms with Gasteiger partial charge in [0.15, 0.2) is 0 Å². The normalized spacial score (nSPS) is 16.4. The lowest BCUT2D eigenvalue weighted by molar-refractivity contribution is 0.413. The van der Waals surface area contributed by atoms with Crippen LogP contribution in [0.2, 0.25) is 0 Å². The van der Waals surface area contributed by atoms with Crippen LogP contribution >= 0.6 is 0 Å². The Morgan fingerprint density at radius 1 is 1.10 bits per heavy atom. The molecule has 0 spiro atoms. The van der Waals surface area contributed by atoms with Crippen LogP contribution in [0.3, 0.4) is 0 Å². The Hall–Kier alpha value is -1.86. The lowest BCUT2D eigenvalue weighted by Crippen LogP contribution is -2.35. The number of hydrogen-bond donors (Lipinski definition) is 1. The molecule has 3 rings (SSSR count). The lowest BCUT2D eigenvalue weighted by atomic mass is 10.3. The third-order valence-electron chi connectivity index (χ3n) is 3.28. The first-order valence-corrected chi connectivity index (χ1v) is 7.93. The lowest BCUT2D eigenvalue weighted by Gasteiger charge is -2.20. The number of fused-ring (bicyclic) bond motifs is 1. The highest BCUT2D eigenvalue weighted by molar-refractivity contribution is 7.90. The van der Waals surface area contributed by atoms with Crippen LogP contribution in [-0.2, 0) is 23.3 Å². The van der Waals surface area contributed by atoms with Crippen molar-refractivity contribution in [1.29, 1.82) is 0 Å². The van der Waals surface area contributed by atoms with Crippen LogP contribution in [0.5, 0.6) is 0 Å². The second-order valence-electron chi connectivity index (χ2n) is 4.71. The fraction of sp³-hybridized carbons (Fsp3) is 0.308. The summed E-state index contributed by atoms with van der Waals surface area (Å²) in [5.41, 5.74) is 1.49. The molecule has 1 aromatic carbocycles. The molecule has 0 radical (unpaired) electrons. The highest BCUT2D eigenvalue weighted by atomic mass is 32.2. The van der Waals surface area contributed by atoms with E-state index >= 15 is 0 Å². The molecule has 1 aliphatic heterocycles. The molecular formula is C13H16N4O2S. The molecule has 0 saturated heterocycles. The van der Waals surface area contributed by atoms with E-state index in [9.17, 15) is 8.42 Å². The van der Waals surface area contributed by atoms with E-state index < -0.39 is 10.2 Å². The van der Waals surface area contributed by atoms with Gasteiger partial charge in [0, 0.05) is 25.0 Å². The fourth-order valence-corrected chi connectivity index (χ4v) is 3.51. The Balaban J connectivity index is 1.81. The van der Waals surface area contributed by atoms with Crippen LogP contribution in [-0.4, -0.2) is 29.0 Å². The Bertz CT molecular complexity index is 681. The predicted octanol–water partition coefficient (Wildman–Crippen LogP) is 1.45. The highest BCUT2D eigenvalue weighted by Gasteiger charge is 2.25. The summed E-state index contributed by atoms with van der Waals surface area (Å²) in [5.74, 6) is 0. The Morgan fingerprint density at radius 2 is 1.90 bits per heavy atom. The molecule has 20 heavy (non-hydrogen) atoms. The molecule has 0 fully saturated rings. The molecule has 0 bridgehead atoms. The quantitative estimate of drug-likeness (QED) is 0.931. The van der Waals surface area contributed by atoms with Crippen LogP contribution in [0.25, 0.3) is 0 Å². The van der Waals surface area contributed by atoms with E-state index in [0.29, 0.717) is 18.8 Å². The summed E-state index contributed by atoms with van der Waals surface area (Å²) in [4.78, 5) is 0. The Labute approximate surface area is 118 Å². The summed E-state index contributed by atoms with van der Waals surface area (Å²) >= 11 is 0. The zero-order chi connectivity index (χ0) is 14.0. The van der Waals surface area contributed by atoms with Gasteiger partial charge in [-0.05, 0) is 24.6 Å². The topological polar surface area (TPSA) is 67.2 Å². The van der Waals surface area contributed by atoms with Gasteiger partial charge in [-0.1, -0.05) is 18.2 Å². The van der Waals surface area contributed by atoms with Crippen LogP contribution in [0.4, 0.5) is 5.69 Å². The third-order valence-corrected chi connectivity index (χ3v) is 4.77. The molecule has 0 aliphatic carbocycles. The van der Waals surface area contributed by atoms with E-state index in [4.69, 9.17) is 0 Å². The number of hydrogen-bond acceptors (Lipinski definition) is 3. The van der Waals surface area contributed by atoms with Crippen molar-refractivity contribution in [3.05, 3.63) is 48.3 Å². The van der Waals surface area contributed by atoms with Crippen molar-refractivity contribution in [1.82, 2.24) is 14.1 Å². The zero-order valence-corrected chi connectivity index (χ0v) is 11.8. The van der Waals surface area contributed by atoms with Gasteiger partial charge in [-0.3, -0.25) is 9.40 Å². The number of aryl methyl sites for hydroxylation is 1. The summed E-state index contributed by atoms with van der Waals surface area (Å²) in [5, 5.41) is 4.19. The molecule has 1 aromatic heterocycles. The minimum Gasteiger partial charge on any atom is -0.271 e. The van der Waals surface area contributed by atoms with Gasteiger partial charge in [-0.15, -0.1) is 0 Å². The highest BCUT2D eigenvalue weighted by Crippen LogP contribution is 2.17. The summed E-state index contributed by atoms with van der Waals surface area (Å²) in [6.07, 6.45) is 2.46. The molecule has 2 heterocycles. The van der Waals surface area contributed by atoms with Crippen LogP contribution in [0.15, 0.2) is 42.6 Å². The van der Waals surface area contributed by atoms with Gasteiger partial charge in [0.25, 0.3) is 0 Å². The van der Waals surface area contributed by atoms with Gasteiger partial charge in [0.2, 0.25) is 0 Å². The van der Waals surface area contributed by atoms with Crippen LogP contribution < -0.4 is 4.72 Å². The maximum absolute atomic E-state index is 12.4. The maximum Gasteiger partial charge on any atom is 0.301 e. The summed E-state index contributed by atoms with van der Waals surface area (Å²) in [6.45, 7) is 1.59. The average molecular weight is 292 g/mol. The molecule has 2 aromatic rings. The first kappa shape index (κ1) is 13.1. The number of rotatable bonds is 3. The summed E-state index contributed by atoms with van der Waals surface area (Å²) in [7, 11) is -3.54. The largest absolute Gasteiger partial charge is 0.301 e. The van der Waals surface area contributed by atoms with Crippen molar-refractivity contribution in [2.75, 3.05) is 11.3 Å². The number of nitrogens with one attached hydrogen (secondary N) is 1. The second kappa shape index (κ2) is 5.26. The van der Waals surface area contributed by atoms with Crippen molar-refractivity contribution < 1.29 is 8.42 Å². The first-order valence-electron chi connectivity index (χ1n) is 6.49. The maximum atomic E-state index is 12.4. The fourth-order valence-electron chi connectivity index (χ4n) is 2.28. The molecule has 0 unspecified atom stereocenters. The SMILES string of the molecule is O=S(=O)(Nc1ccccc1)N1CCCn2nccc2C1. The van der Waals surface area contributed by atoms with Crippen molar-refractivity contribution in [3.8, 4) is 0 Å². The van der Waals surface area contributed by atoms with E-state index in [2.05, 4.69) is 9.82 Å². The average Bonchev–Trinajstić information content (AvgIpc) is 2.76. The number of nitrogens with zero attached hydrogens (tertiary/aromatic N) is 3. The molecule has 1 N–H and O–H groups in total. The molecule has 106 valence electrons. The zero-order valence-electron chi connectivity index (χ0n) is 10.9. The Kier molecular flexibility index (Phi) is 3.45. The van der Waals surface area contributed by atoms with Gasteiger partial charge in [0.05, 0.1) is 12.2 Å². The molecule has 7 heteroatoms. The molecule has 6 nitrogen and oxygen atoms in total. The molecule has 0 amide bonds. The van der Waals surface area contributed by atoms with Crippen LogP contribution in [0.1, 0.15) is 12.1 Å². The number of anilines is 1. The second-order valence-corrected chi connectivity index (χ2v) is 6.38. The minimum absolute atomic E-state index is 0.349. The van der Waals surface area contributed by atoms with Crippen molar-refractivity contribution in [2.45, 2.75) is 19.5 Å². The molecule has 0 saturated carbocycles. The standard InChI is InChI=1S/C13H16N4O2S/c18-20(19,15-12-5-2-1-3-6-12)16-9-4-10-17-13(11-16)7-8-14-17/h1-3,5-8,15H,4,9-11H2. The monoisotopic (exact) mass is 292 g/mol. The first-order chi connectivity index (χ1) is 9.65. The van der Waals surface area contributed by atoms with Crippen molar-refractivity contribution >= 4 is 15.9 Å². The Morgan fingerprint density at radius 3 is 2.70 bits per heavy atom. The van der Waals surface area contributed by atoms with Crippen molar-refractivity contribution in [3.63, 3.8) is 0 Å². The molecule has 1 aliphatic rings. The van der Waals surface area contributed by atoms with Gasteiger partial charge in [0.1, 0.15) is 0 Å². The third kappa shape index (κ3) is 2.68.